The number of nitrogens with zero attached hydrogens (tertiary/aromatic N) is 1. The van der Waals surface area contributed by atoms with Gasteiger partial charge < -0.3 is 19.8 Å². The highest BCUT2D eigenvalue weighted by Crippen LogP contribution is 2.36. The molecule has 2 rings (SSSR count). The number of rotatable bonds is 6. The summed E-state index contributed by atoms with van der Waals surface area (Å²) >= 11 is 0. The SMILES string of the molecule is CCC[C@]1(CO)CCN(C(=O)COc2ccc(C)c(C)c2)C[C@H]1O. The molecule has 0 radical (unpaired) electrons. The minimum absolute atomic E-state index is 0.0326. The van der Waals surface area contributed by atoms with Crippen LogP contribution in [0.2, 0.25) is 0 Å². The lowest BCUT2D eigenvalue weighted by molar-refractivity contribution is -0.144. The minimum atomic E-state index is -0.693. The zero-order chi connectivity index (χ0) is 17.7. The standard InChI is InChI=1S/C19H29NO4/c1-4-7-19(13-21)8-9-20(11-17(19)22)18(23)12-24-16-6-5-14(2)15(3)10-16/h5-6,10,17,21-22H,4,7-9,11-13H2,1-3H3/t17-,19-/m1/s1. The summed E-state index contributed by atoms with van der Waals surface area (Å²) in [4.78, 5) is 14.0. The van der Waals surface area contributed by atoms with Gasteiger partial charge in [-0.15, -0.1) is 0 Å². The van der Waals surface area contributed by atoms with Crippen molar-refractivity contribution >= 4 is 5.91 Å². The lowest BCUT2D eigenvalue weighted by Gasteiger charge is -2.44. The molecule has 1 aliphatic rings. The normalized spacial score (nSPS) is 24.0. The van der Waals surface area contributed by atoms with E-state index in [1.54, 1.807) is 4.90 Å². The van der Waals surface area contributed by atoms with Gasteiger partial charge in [-0.25, -0.2) is 0 Å². The summed E-state index contributed by atoms with van der Waals surface area (Å²) in [5, 5.41) is 20.1. The third-order valence-corrected chi connectivity index (χ3v) is 5.24. The number of amides is 1. The molecule has 2 N–H and O–H groups in total. The molecule has 1 saturated heterocycles. The predicted octanol–water partition coefficient (Wildman–Crippen LogP) is 2.05. The maximum absolute atomic E-state index is 12.4. The fourth-order valence-corrected chi connectivity index (χ4v) is 3.34. The van der Waals surface area contributed by atoms with E-state index in [1.807, 2.05) is 39.0 Å². The molecule has 5 heteroatoms. The van der Waals surface area contributed by atoms with E-state index in [0.717, 1.165) is 18.4 Å². The van der Waals surface area contributed by atoms with Gasteiger partial charge in [0.15, 0.2) is 6.61 Å². The topological polar surface area (TPSA) is 70.0 Å². The van der Waals surface area contributed by atoms with Crippen molar-refractivity contribution in [2.75, 3.05) is 26.3 Å². The number of β-amino-alcohol motifs (C(OH)–C–C–N with tert-alkyl or cyclic N) is 1. The maximum atomic E-state index is 12.4. The van der Waals surface area contributed by atoms with Gasteiger partial charge in [0.1, 0.15) is 5.75 Å². The molecular formula is C19H29NO4. The molecule has 0 bridgehead atoms. The molecule has 1 aliphatic heterocycles. The molecule has 1 fully saturated rings. The van der Waals surface area contributed by atoms with Crippen LogP contribution in [-0.2, 0) is 4.79 Å². The zero-order valence-electron chi connectivity index (χ0n) is 14.9. The van der Waals surface area contributed by atoms with Crippen LogP contribution in [0.3, 0.4) is 0 Å². The van der Waals surface area contributed by atoms with Gasteiger partial charge in [0, 0.05) is 18.5 Å². The van der Waals surface area contributed by atoms with Crippen LogP contribution in [0.15, 0.2) is 18.2 Å². The van der Waals surface area contributed by atoms with Crippen LogP contribution in [0.4, 0.5) is 0 Å². The first-order valence-electron chi connectivity index (χ1n) is 8.68. The van der Waals surface area contributed by atoms with Crippen molar-refractivity contribution < 1.29 is 19.7 Å². The van der Waals surface area contributed by atoms with Crippen LogP contribution in [0.5, 0.6) is 5.75 Å². The van der Waals surface area contributed by atoms with Gasteiger partial charge in [-0.3, -0.25) is 4.79 Å². The number of carbonyl (C=O) groups is 1. The lowest BCUT2D eigenvalue weighted by Crippen LogP contribution is -2.55. The van der Waals surface area contributed by atoms with Gasteiger partial charge in [-0.2, -0.15) is 0 Å². The van der Waals surface area contributed by atoms with Crippen LogP contribution in [0.1, 0.15) is 37.3 Å². The first-order valence-corrected chi connectivity index (χ1v) is 8.68. The number of hydrogen-bond donors (Lipinski definition) is 2. The number of aliphatic hydroxyl groups excluding tert-OH is 2. The molecule has 0 spiro atoms. The van der Waals surface area contributed by atoms with E-state index in [2.05, 4.69) is 0 Å². The molecule has 0 unspecified atom stereocenters. The molecule has 5 nitrogen and oxygen atoms in total. The molecular weight excluding hydrogens is 306 g/mol. The van der Waals surface area contributed by atoms with Gasteiger partial charge in [-0.05, 0) is 49.9 Å². The number of benzene rings is 1. The van der Waals surface area contributed by atoms with Crippen molar-refractivity contribution in [3.63, 3.8) is 0 Å². The summed E-state index contributed by atoms with van der Waals surface area (Å²) in [5.41, 5.74) is 1.84. The quantitative estimate of drug-likeness (QED) is 0.835. The second kappa shape index (κ2) is 7.99. The van der Waals surface area contributed by atoms with Gasteiger partial charge in [0.25, 0.3) is 5.91 Å². The van der Waals surface area contributed by atoms with Crippen molar-refractivity contribution in [2.45, 2.75) is 46.1 Å². The monoisotopic (exact) mass is 335 g/mol. The predicted molar refractivity (Wildman–Crippen MR) is 93.0 cm³/mol. The third-order valence-electron chi connectivity index (χ3n) is 5.24. The Hall–Kier alpha value is -1.59. The van der Waals surface area contributed by atoms with Crippen molar-refractivity contribution in [2.24, 2.45) is 5.41 Å². The van der Waals surface area contributed by atoms with Gasteiger partial charge >= 0.3 is 0 Å². The van der Waals surface area contributed by atoms with Gasteiger partial charge in [0.2, 0.25) is 0 Å². The smallest absolute Gasteiger partial charge is 0.260 e. The second-order valence-electron chi connectivity index (χ2n) is 6.91. The summed E-state index contributed by atoms with van der Waals surface area (Å²) in [6.45, 7) is 6.82. The Morgan fingerprint density at radius 1 is 1.38 bits per heavy atom. The summed E-state index contributed by atoms with van der Waals surface area (Å²) in [6, 6.07) is 5.75. The molecule has 1 amide bonds. The minimum Gasteiger partial charge on any atom is -0.484 e. The van der Waals surface area contributed by atoms with E-state index in [0.29, 0.717) is 18.7 Å². The Labute approximate surface area is 144 Å². The van der Waals surface area contributed by atoms with Crippen molar-refractivity contribution in [1.29, 1.82) is 0 Å². The van der Waals surface area contributed by atoms with Crippen LogP contribution in [0, 0.1) is 19.3 Å². The molecule has 2 atom stereocenters. The first-order chi connectivity index (χ1) is 11.4. The van der Waals surface area contributed by atoms with Crippen LogP contribution >= 0.6 is 0 Å². The average molecular weight is 335 g/mol. The molecule has 1 heterocycles. The number of piperidine rings is 1. The van der Waals surface area contributed by atoms with E-state index in [-0.39, 0.29) is 25.7 Å². The summed E-state index contributed by atoms with van der Waals surface area (Å²) in [6.07, 6.45) is 1.60. The summed E-state index contributed by atoms with van der Waals surface area (Å²) in [5.74, 6) is 0.551. The molecule has 1 aromatic rings. The van der Waals surface area contributed by atoms with E-state index in [4.69, 9.17) is 4.74 Å². The maximum Gasteiger partial charge on any atom is 0.260 e. The molecule has 1 aromatic carbocycles. The van der Waals surface area contributed by atoms with Gasteiger partial charge in [-0.1, -0.05) is 19.4 Å². The Bertz CT molecular complexity index is 574. The second-order valence-corrected chi connectivity index (χ2v) is 6.91. The zero-order valence-corrected chi connectivity index (χ0v) is 14.9. The van der Waals surface area contributed by atoms with E-state index in [9.17, 15) is 15.0 Å². The summed E-state index contributed by atoms with van der Waals surface area (Å²) < 4.78 is 5.60. The Morgan fingerprint density at radius 2 is 2.12 bits per heavy atom. The molecule has 24 heavy (non-hydrogen) atoms. The average Bonchev–Trinajstić information content (AvgIpc) is 2.57. The van der Waals surface area contributed by atoms with Crippen LogP contribution in [0.25, 0.3) is 0 Å². The Morgan fingerprint density at radius 3 is 2.71 bits per heavy atom. The molecule has 0 saturated carbocycles. The third kappa shape index (κ3) is 4.08. The first kappa shape index (κ1) is 18.7. The van der Waals surface area contributed by atoms with Crippen LogP contribution < -0.4 is 4.74 Å². The van der Waals surface area contributed by atoms with E-state index < -0.39 is 11.5 Å². The number of aliphatic hydroxyl groups is 2. The van der Waals surface area contributed by atoms with Crippen molar-refractivity contribution in [3.8, 4) is 5.75 Å². The van der Waals surface area contributed by atoms with Crippen LogP contribution in [-0.4, -0.2) is 53.4 Å². The molecule has 134 valence electrons. The largest absolute Gasteiger partial charge is 0.484 e. The fourth-order valence-electron chi connectivity index (χ4n) is 3.34. The highest BCUT2D eigenvalue weighted by atomic mass is 16.5. The number of aryl methyl sites for hydroxylation is 2. The van der Waals surface area contributed by atoms with Crippen molar-refractivity contribution in [1.82, 2.24) is 4.90 Å². The number of ether oxygens (including phenoxy) is 1. The molecule has 0 aromatic heterocycles. The highest BCUT2D eigenvalue weighted by Gasteiger charge is 2.42. The van der Waals surface area contributed by atoms with Crippen molar-refractivity contribution in [3.05, 3.63) is 29.3 Å². The highest BCUT2D eigenvalue weighted by molar-refractivity contribution is 5.78. The van der Waals surface area contributed by atoms with E-state index in [1.165, 1.54) is 5.56 Å². The number of hydrogen-bond acceptors (Lipinski definition) is 4. The summed E-state index contributed by atoms with van der Waals surface area (Å²) in [7, 11) is 0. The number of likely N-dealkylation sites (tertiary alicyclic amines) is 1. The van der Waals surface area contributed by atoms with Gasteiger partial charge in [0.05, 0.1) is 12.7 Å². The fraction of sp³-hybridized carbons (Fsp3) is 0.632. The van der Waals surface area contributed by atoms with E-state index >= 15 is 0 Å². The number of carbonyl (C=O) groups excluding carboxylic acids is 1. The molecule has 0 aliphatic carbocycles. The Balaban J connectivity index is 1.91. The Kier molecular flexibility index (Phi) is 6.24. The lowest BCUT2D eigenvalue weighted by atomic mass is 9.73.